The van der Waals surface area contributed by atoms with Crippen LogP contribution in [0.5, 0.6) is 0 Å². The fourth-order valence-corrected chi connectivity index (χ4v) is 3.25. The number of nitrogens with one attached hydrogen (secondary N) is 1. The maximum atomic E-state index is 12.0. The summed E-state index contributed by atoms with van der Waals surface area (Å²) in [6, 6.07) is 11.7. The van der Waals surface area contributed by atoms with E-state index in [2.05, 4.69) is 17.4 Å². The van der Waals surface area contributed by atoms with E-state index in [-0.39, 0.29) is 11.9 Å². The van der Waals surface area contributed by atoms with Crippen LogP contribution in [0.4, 0.5) is 0 Å². The van der Waals surface area contributed by atoms with Gasteiger partial charge in [-0.2, -0.15) is 0 Å². The molecule has 2 heterocycles. The molecule has 0 fully saturated rings. The molecule has 1 aromatic carbocycles. The minimum atomic E-state index is -0.147. The van der Waals surface area contributed by atoms with E-state index in [0.717, 1.165) is 12.2 Å². The third-order valence-corrected chi connectivity index (χ3v) is 4.13. The van der Waals surface area contributed by atoms with E-state index in [1.807, 2.05) is 23.9 Å². The first kappa shape index (κ1) is 11.4. The van der Waals surface area contributed by atoms with Crippen molar-refractivity contribution < 1.29 is 9.21 Å². The zero-order valence-corrected chi connectivity index (χ0v) is 10.6. The van der Waals surface area contributed by atoms with E-state index in [9.17, 15) is 4.79 Å². The van der Waals surface area contributed by atoms with Crippen LogP contribution in [0.15, 0.2) is 52.0 Å². The van der Waals surface area contributed by atoms with Crippen LogP contribution in [0.1, 0.15) is 28.6 Å². The van der Waals surface area contributed by atoms with Crippen LogP contribution in [-0.4, -0.2) is 11.7 Å². The molecule has 1 atom stereocenters. The summed E-state index contributed by atoms with van der Waals surface area (Å²) in [6.45, 7) is 0. The fraction of sp³-hybridized carbons (Fsp3) is 0.214. The molecule has 3 rings (SSSR count). The summed E-state index contributed by atoms with van der Waals surface area (Å²) in [5.74, 6) is 1.25. The number of hydrogen-bond acceptors (Lipinski definition) is 3. The normalized spacial score (nSPS) is 18.1. The summed E-state index contributed by atoms with van der Waals surface area (Å²) in [5.41, 5.74) is 1.20. The van der Waals surface area contributed by atoms with Gasteiger partial charge in [0.25, 0.3) is 5.91 Å². The first-order chi connectivity index (χ1) is 8.84. The summed E-state index contributed by atoms with van der Waals surface area (Å²) >= 11 is 1.84. The lowest BCUT2D eigenvalue weighted by Gasteiger charge is -2.25. The van der Waals surface area contributed by atoms with Gasteiger partial charge in [-0.05, 0) is 30.2 Å². The molecule has 1 aliphatic rings. The zero-order valence-electron chi connectivity index (χ0n) is 9.76. The standard InChI is InChI=1S/C14H13NO2S/c16-14(12-5-3-8-17-12)15-11-7-9-18-13-6-2-1-4-10(11)13/h1-6,8,11H,7,9H2,(H,15,16)/t11-/m1/s1. The average molecular weight is 259 g/mol. The summed E-state index contributed by atoms with van der Waals surface area (Å²) in [7, 11) is 0. The summed E-state index contributed by atoms with van der Waals surface area (Å²) in [6.07, 6.45) is 2.47. The Morgan fingerprint density at radius 3 is 3.00 bits per heavy atom. The number of carbonyl (C=O) groups excluding carboxylic acids is 1. The smallest absolute Gasteiger partial charge is 0.287 e. The van der Waals surface area contributed by atoms with E-state index < -0.39 is 0 Å². The molecule has 18 heavy (non-hydrogen) atoms. The first-order valence-electron chi connectivity index (χ1n) is 5.91. The Labute approximate surface area is 110 Å². The molecule has 0 saturated heterocycles. The molecule has 1 N–H and O–H groups in total. The minimum absolute atomic E-state index is 0.0834. The van der Waals surface area contributed by atoms with Crippen LogP contribution in [-0.2, 0) is 0 Å². The van der Waals surface area contributed by atoms with Crippen LogP contribution >= 0.6 is 11.8 Å². The Hall–Kier alpha value is -1.68. The van der Waals surface area contributed by atoms with Gasteiger partial charge in [0.1, 0.15) is 0 Å². The van der Waals surface area contributed by atoms with Gasteiger partial charge >= 0.3 is 0 Å². The number of furan rings is 1. The number of hydrogen-bond donors (Lipinski definition) is 1. The Kier molecular flexibility index (Phi) is 3.11. The number of rotatable bonds is 2. The van der Waals surface area contributed by atoms with Crippen LogP contribution in [0.2, 0.25) is 0 Å². The molecule has 0 spiro atoms. The molecule has 1 aliphatic heterocycles. The molecule has 3 nitrogen and oxygen atoms in total. The third-order valence-electron chi connectivity index (χ3n) is 3.01. The molecule has 0 aliphatic carbocycles. The second kappa shape index (κ2) is 4.90. The highest BCUT2D eigenvalue weighted by Crippen LogP contribution is 2.35. The van der Waals surface area contributed by atoms with Crippen molar-refractivity contribution in [2.75, 3.05) is 5.75 Å². The Morgan fingerprint density at radius 2 is 2.17 bits per heavy atom. The van der Waals surface area contributed by atoms with Gasteiger partial charge in [-0.25, -0.2) is 0 Å². The van der Waals surface area contributed by atoms with Crippen LogP contribution in [0, 0.1) is 0 Å². The number of benzene rings is 1. The highest BCUT2D eigenvalue weighted by atomic mass is 32.2. The second-order valence-electron chi connectivity index (χ2n) is 4.18. The molecule has 92 valence electrons. The van der Waals surface area contributed by atoms with Crippen molar-refractivity contribution in [3.8, 4) is 0 Å². The molecule has 0 saturated carbocycles. The average Bonchev–Trinajstić information content (AvgIpc) is 2.93. The van der Waals surface area contributed by atoms with Crippen molar-refractivity contribution in [2.24, 2.45) is 0 Å². The summed E-state index contributed by atoms with van der Waals surface area (Å²) in [5, 5.41) is 3.03. The van der Waals surface area contributed by atoms with Crippen molar-refractivity contribution in [1.29, 1.82) is 0 Å². The predicted molar refractivity (Wildman–Crippen MR) is 70.7 cm³/mol. The second-order valence-corrected chi connectivity index (χ2v) is 5.32. The molecule has 0 unspecified atom stereocenters. The lowest BCUT2D eigenvalue weighted by atomic mass is 10.0. The highest BCUT2D eigenvalue weighted by molar-refractivity contribution is 7.99. The van der Waals surface area contributed by atoms with Gasteiger partial charge in [-0.1, -0.05) is 18.2 Å². The number of carbonyl (C=O) groups is 1. The molecule has 4 heteroatoms. The zero-order chi connectivity index (χ0) is 12.4. The molecule has 1 aromatic heterocycles. The van der Waals surface area contributed by atoms with Crippen molar-refractivity contribution >= 4 is 17.7 Å². The van der Waals surface area contributed by atoms with Gasteiger partial charge in [-0.15, -0.1) is 11.8 Å². The van der Waals surface area contributed by atoms with Crippen LogP contribution in [0.3, 0.4) is 0 Å². The monoisotopic (exact) mass is 259 g/mol. The number of thioether (sulfide) groups is 1. The molecular formula is C14H13NO2S. The molecular weight excluding hydrogens is 246 g/mol. The van der Waals surface area contributed by atoms with Gasteiger partial charge < -0.3 is 9.73 Å². The van der Waals surface area contributed by atoms with Gasteiger partial charge in [0.05, 0.1) is 12.3 Å². The van der Waals surface area contributed by atoms with E-state index in [1.54, 1.807) is 12.1 Å². The number of fused-ring (bicyclic) bond motifs is 1. The highest BCUT2D eigenvalue weighted by Gasteiger charge is 2.22. The third kappa shape index (κ3) is 2.16. The van der Waals surface area contributed by atoms with Gasteiger partial charge in [0, 0.05) is 10.6 Å². The van der Waals surface area contributed by atoms with E-state index in [0.29, 0.717) is 5.76 Å². The predicted octanol–water partition coefficient (Wildman–Crippen LogP) is 3.25. The fourth-order valence-electron chi connectivity index (χ4n) is 2.13. The number of amides is 1. The van der Waals surface area contributed by atoms with Crippen molar-refractivity contribution in [1.82, 2.24) is 5.32 Å². The SMILES string of the molecule is O=C(N[C@@H]1CCSc2ccccc21)c1ccco1. The van der Waals surface area contributed by atoms with Crippen LogP contribution in [0.25, 0.3) is 0 Å². The molecule has 0 radical (unpaired) electrons. The van der Waals surface area contributed by atoms with Crippen LogP contribution < -0.4 is 5.32 Å². The quantitative estimate of drug-likeness (QED) is 0.900. The van der Waals surface area contributed by atoms with Gasteiger partial charge in [0.15, 0.2) is 5.76 Å². The van der Waals surface area contributed by atoms with Gasteiger partial charge in [0.2, 0.25) is 0 Å². The lowest BCUT2D eigenvalue weighted by molar-refractivity contribution is 0.0907. The van der Waals surface area contributed by atoms with E-state index >= 15 is 0 Å². The van der Waals surface area contributed by atoms with Crippen molar-refractivity contribution in [2.45, 2.75) is 17.4 Å². The maximum Gasteiger partial charge on any atom is 0.287 e. The Balaban J connectivity index is 1.80. The lowest BCUT2D eigenvalue weighted by Crippen LogP contribution is -2.30. The first-order valence-corrected chi connectivity index (χ1v) is 6.89. The summed E-state index contributed by atoms with van der Waals surface area (Å²) in [4.78, 5) is 13.2. The van der Waals surface area contributed by atoms with E-state index in [4.69, 9.17) is 4.42 Å². The Morgan fingerprint density at radius 1 is 1.28 bits per heavy atom. The van der Waals surface area contributed by atoms with E-state index in [1.165, 1.54) is 16.7 Å². The molecule has 0 bridgehead atoms. The van der Waals surface area contributed by atoms with Crippen molar-refractivity contribution in [3.05, 3.63) is 54.0 Å². The molecule has 1 amide bonds. The Bertz CT molecular complexity index is 551. The maximum absolute atomic E-state index is 12.0. The topological polar surface area (TPSA) is 42.2 Å². The van der Waals surface area contributed by atoms with Crippen molar-refractivity contribution in [3.63, 3.8) is 0 Å². The minimum Gasteiger partial charge on any atom is -0.459 e. The van der Waals surface area contributed by atoms with Gasteiger partial charge in [-0.3, -0.25) is 4.79 Å². The summed E-state index contributed by atoms with van der Waals surface area (Å²) < 4.78 is 5.11. The molecule has 2 aromatic rings. The largest absolute Gasteiger partial charge is 0.459 e.